The molecule has 3 rings (SSSR count). The molecule has 0 aliphatic heterocycles. The maximum atomic E-state index is 10.7. The predicted molar refractivity (Wildman–Crippen MR) is 113 cm³/mol. The van der Waals surface area contributed by atoms with Crippen molar-refractivity contribution in [2.45, 2.75) is 98.0 Å². The molecule has 3 aliphatic carbocycles. The molecule has 8 unspecified atom stereocenters. The maximum absolute atomic E-state index is 10.7. The van der Waals surface area contributed by atoms with E-state index >= 15 is 0 Å². The van der Waals surface area contributed by atoms with Gasteiger partial charge in [-0.3, -0.25) is 0 Å². The number of aliphatic hydroxyl groups is 2. The van der Waals surface area contributed by atoms with Crippen LogP contribution in [0.2, 0.25) is 0 Å². The number of fused-ring (bicyclic) bond motifs is 1. The molecule has 3 aliphatic rings. The Morgan fingerprint density at radius 3 is 2.67 bits per heavy atom. The molecule has 2 nitrogen and oxygen atoms in total. The molecule has 0 aromatic heterocycles. The fourth-order valence-electron chi connectivity index (χ4n) is 7.36. The zero-order valence-electron chi connectivity index (χ0n) is 18.3. The van der Waals surface area contributed by atoms with Crippen LogP contribution in [0, 0.1) is 40.9 Å². The summed E-state index contributed by atoms with van der Waals surface area (Å²) >= 11 is 0. The SMILES string of the molecule is CCCC(C)C1CCC2C(=CC(CO)C3CCCC(C)C3O)CCCC21C. The summed E-state index contributed by atoms with van der Waals surface area (Å²) in [6, 6.07) is 0. The Kier molecular flexibility index (Phi) is 7.12. The van der Waals surface area contributed by atoms with E-state index in [1.807, 2.05) is 0 Å². The van der Waals surface area contributed by atoms with Crippen LogP contribution < -0.4 is 0 Å². The molecule has 0 amide bonds. The molecular formula is C25H44O2. The molecule has 27 heavy (non-hydrogen) atoms. The van der Waals surface area contributed by atoms with Crippen LogP contribution in [-0.2, 0) is 0 Å². The monoisotopic (exact) mass is 376 g/mol. The van der Waals surface area contributed by atoms with Crippen molar-refractivity contribution in [2.24, 2.45) is 40.9 Å². The van der Waals surface area contributed by atoms with Crippen molar-refractivity contribution in [3.05, 3.63) is 11.6 Å². The fourth-order valence-corrected chi connectivity index (χ4v) is 7.36. The fraction of sp³-hybridized carbons (Fsp3) is 0.920. The zero-order valence-corrected chi connectivity index (χ0v) is 18.3. The summed E-state index contributed by atoms with van der Waals surface area (Å²) in [6.45, 7) is 9.74. The summed E-state index contributed by atoms with van der Waals surface area (Å²) in [5, 5.41) is 20.9. The lowest BCUT2D eigenvalue weighted by Gasteiger charge is -2.45. The molecule has 0 aromatic rings. The molecule has 8 atom stereocenters. The standard InChI is InChI=1S/C25H44O2/c1-5-8-17(2)22-12-13-23-19(10-7-14-25(22,23)4)15-20(16-26)21-11-6-9-18(3)24(21)27/h15,17-18,20-24,26-27H,5-14,16H2,1-4H3. The van der Waals surface area contributed by atoms with Crippen molar-refractivity contribution in [1.82, 2.24) is 0 Å². The van der Waals surface area contributed by atoms with Crippen LogP contribution in [-0.4, -0.2) is 22.9 Å². The minimum atomic E-state index is -0.247. The molecule has 3 saturated carbocycles. The quantitative estimate of drug-likeness (QED) is 0.561. The third-order valence-corrected chi connectivity index (χ3v) is 8.88. The summed E-state index contributed by atoms with van der Waals surface area (Å²) in [7, 11) is 0. The lowest BCUT2D eigenvalue weighted by atomic mass is 9.60. The molecule has 0 heterocycles. The van der Waals surface area contributed by atoms with E-state index in [1.165, 1.54) is 51.4 Å². The average Bonchev–Trinajstić information content (AvgIpc) is 3.00. The van der Waals surface area contributed by atoms with Crippen LogP contribution in [0.5, 0.6) is 0 Å². The van der Waals surface area contributed by atoms with E-state index in [0.29, 0.717) is 17.3 Å². The van der Waals surface area contributed by atoms with Gasteiger partial charge in [-0.25, -0.2) is 0 Å². The lowest BCUT2D eigenvalue weighted by Crippen LogP contribution is -2.38. The molecule has 0 bridgehead atoms. The number of aliphatic hydroxyl groups excluding tert-OH is 2. The molecule has 156 valence electrons. The summed E-state index contributed by atoms with van der Waals surface area (Å²) < 4.78 is 0. The molecule has 0 radical (unpaired) electrons. The van der Waals surface area contributed by atoms with Gasteiger partial charge in [0.05, 0.1) is 6.10 Å². The number of hydrogen-bond acceptors (Lipinski definition) is 2. The van der Waals surface area contributed by atoms with Gasteiger partial charge in [0.15, 0.2) is 0 Å². The van der Waals surface area contributed by atoms with Gasteiger partial charge in [-0.15, -0.1) is 0 Å². The largest absolute Gasteiger partial charge is 0.396 e. The highest BCUT2D eigenvalue weighted by Crippen LogP contribution is 2.60. The van der Waals surface area contributed by atoms with Crippen LogP contribution in [0.25, 0.3) is 0 Å². The van der Waals surface area contributed by atoms with Gasteiger partial charge in [0.25, 0.3) is 0 Å². The molecular weight excluding hydrogens is 332 g/mol. The first-order valence-corrected chi connectivity index (χ1v) is 11.9. The minimum absolute atomic E-state index is 0.146. The van der Waals surface area contributed by atoms with Crippen molar-refractivity contribution < 1.29 is 10.2 Å². The molecule has 0 aromatic carbocycles. The van der Waals surface area contributed by atoms with Gasteiger partial charge in [0.1, 0.15) is 0 Å². The van der Waals surface area contributed by atoms with Crippen LogP contribution in [0.15, 0.2) is 11.6 Å². The molecule has 0 saturated heterocycles. The summed E-state index contributed by atoms with van der Waals surface area (Å²) in [5.41, 5.74) is 2.08. The van der Waals surface area contributed by atoms with Gasteiger partial charge in [0.2, 0.25) is 0 Å². The van der Waals surface area contributed by atoms with Crippen LogP contribution in [0.4, 0.5) is 0 Å². The van der Waals surface area contributed by atoms with E-state index in [2.05, 4.69) is 33.8 Å². The smallest absolute Gasteiger partial charge is 0.0600 e. The first-order valence-electron chi connectivity index (χ1n) is 11.9. The molecule has 3 fully saturated rings. The lowest BCUT2D eigenvalue weighted by molar-refractivity contribution is -0.00465. The Bertz CT molecular complexity index is 512. The van der Waals surface area contributed by atoms with Crippen molar-refractivity contribution in [1.29, 1.82) is 0 Å². The topological polar surface area (TPSA) is 40.5 Å². The predicted octanol–water partition coefficient (Wildman–Crippen LogP) is 5.97. The second-order valence-electron chi connectivity index (χ2n) is 10.5. The Balaban J connectivity index is 1.79. The normalized spacial score (nSPS) is 43.5. The number of rotatable bonds is 6. The van der Waals surface area contributed by atoms with Crippen molar-refractivity contribution >= 4 is 0 Å². The van der Waals surface area contributed by atoms with E-state index in [4.69, 9.17) is 0 Å². The first-order chi connectivity index (χ1) is 12.9. The Morgan fingerprint density at radius 1 is 1.19 bits per heavy atom. The summed E-state index contributed by atoms with van der Waals surface area (Å²) in [6.07, 6.45) is 14.9. The van der Waals surface area contributed by atoms with Crippen molar-refractivity contribution in [3.8, 4) is 0 Å². The molecule has 0 spiro atoms. The summed E-state index contributed by atoms with van der Waals surface area (Å²) in [5.74, 6) is 3.17. The van der Waals surface area contributed by atoms with E-state index in [9.17, 15) is 10.2 Å². The average molecular weight is 377 g/mol. The highest BCUT2D eigenvalue weighted by Gasteiger charge is 2.50. The van der Waals surface area contributed by atoms with Gasteiger partial charge in [-0.1, -0.05) is 58.6 Å². The summed E-state index contributed by atoms with van der Waals surface area (Å²) in [4.78, 5) is 0. The van der Waals surface area contributed by atoms with E-state index < -0.39 is 0 Å². The minimum Gasteiger partial charge on any atom is -0.396 e. The van der Waals surface area contributed by atoms with Crippen molar-refractivity contribution in [2.75, 3.05) is 6.61 Å². The Hall–Kier alpha value is -0.340. The number of hydrogen-bond donors (Lipinski definition) is 2. The van der Waals surface area contributed by atoms with Gasteiger partial charge in [-0.05, 0) is 80.0 Å². The van der Waals surface area contributed by atoms with Gasteiger partial charge in [0, 0.05) is 12.5 Å². The molecule has 2 N–H and O–H groups in total. The maximum Gasteiger partial charge on any atom is 0.0600 e. The number of allylic oxidation sites excluding steroid dienone is 1. The van der Waals surface area contributed by atoms with Crippen LogP contribution in [0.1, 0.15) is 91.9 Å². The van der Waals surface area contributed by atoms with Gasteiger partial charge in [-0.2, -0.15) is 0 Å². The van der Waals surface area contributed by atoms with Crippen LogP contribution in [0.3, 0.4) is 0 Å². The highest BCUT2D eigenvalue weighted by molar-refractivity contribution is 5.20. The van der Waals surface area contributed by atoms with Gasteiger partial charge >= 0.3 is 0 Å². The highest BCUT2D eigenvalue weighted by atomic mass is 16.3. The van der Waals surface area contributed by atoms with E-state index in [-0.39, 0.29) is 24.5 Å². The third kappa shape index (κ3) is 4.17. The Morgan fingerprint density at radius 2 is 1.96 bits per heavy atom. The third-order valence-electron chi connectivity index (χ3n) is 8.88. The first kappa shape index (κ1) is 21.4. The van der Waals surface area contributed by atoms with Crippen molar-refractivity contribution in [3.63, 3.8) is 0 Å². The second kappa shape index (κ2) is 8.99. The molecule has 2 heteroatoms. The Labute approximate surface area is 167 Å². The zero-order chi connectivity index (χ0) is 19.6. The van der Waals surface area contributed by atoms with Crippen LogP contribution >= 0.6 is 0 Å². The van der Waals surface area contributed by atoms with E-state index in [1.54, 1.807) is 5.57 Å². The van der Waals surface area contributed by atoms with Gasteiger partial charge < -0.3 is 10.2 Å². The second-order valence-corrected chi connectivity index (χ2v) is 10.5. The van der Waals surface area contributed by atoms with E-state index in [0.717, 1.165) is 24.7 Å².